The number of rotatable bonds is 7. The Balaban J connectivity index is 2.51. The van der Waals surface area contributed by atoms with Crippen molar-refractivity contribution < 1.29 is 4.74 Å². The molecule has 0 aromatic heterocycles. The van der Waals surface area contributed by atoms with E-state index in [1.165, 1.54) is 5.56 Å². The van der Waals surface area contributed by atoms with Crippen LogP contribution in [0.1, 0.15) is 19.4 Å². The lowest BCUT2D eigenvalue weighted by molar-refractivity contribution is 0.224. The van der Waals surface area contributed by atoms with Crippen molar-refractivity contribution in [3.63, 3.8) is 0 Å². The molecule has 3 nitrogen and oxygen atoms in total. The van der Waals surface area contributed by atoms with E-state index < -0.39 is 0 Å². The molecule has 0 saturated carbocycles. The van der Waals surface area contributed by atoms with Crippen molar-refractivity contribution in [3.8, 4) is 5.75 Å². The first kappa shape index (κ1) is 16.3. The third-order valence-electron chi connectivity index (χ3n) is 3.33. The molecule has 0 aliphatic heterocycles. The summed E-state index contributed by atoms with van der Waals surface area (Å²) in [7, 11) is 5.87. The quantitative estimate of drug-likeness (QED) is 0.833. The van der Waals surface area contributed by atoms with Gasteiger partial charge < -0.3 is 15.0 Å². The van der Waals surface area contributed by atoms with Crippen LogP contribution in [0.15, 0.2) is 18.2 Å². The van der Waals surface area contributed by atoms with Crippen LogP contribution in [0, 0.1) is 5.92 Å². The van der Waals surface area contributed by atoms with E-state index in [9.17, 15) is 0 Å². The van der Waals surface area contributed by atoms with Crippen LogP contribution in [0.2, 0.25) is 5.02 Å². The van der Waals surface area contributed by atoms with Gasteiger partial charge in [-0.05, 0) is 37.7 Å². The zero-order valence-electron chi connectivity index (χ0n) is 12.5. The lowest BCUT2D eigenvalue weighted by Crippen LogP contribution is -2.41. The number of ether oxygens (including phenoxy) is 1. The van der Waals surface area contributed by atoms with Gasteiger partial charge in [-0.25, -0.2) is 0 Å². The van der Waals surface area contributed by atoms with Crippen LogP contribution in [0.5, 0.6) is 5.75 Å². The second-order valence-corrected chi connectivity index (χ2v) is 5.78. The fourth-order valence-corrected chi connectivity index (χ4v) is 2.48. The van der Waals surface area contributed by atoms with Gasteiger partial charge in [0.15, 0.2) is 0 Å². The third kappa shape index (κ3) is 5.01. The number of benzene rings is 1. The molecule has 1 N–H and O–H groups in total. The topological polar surface area (TPSA) is 24.5 Å². The fourth-order valence-electron chi connectivity index (χ4n) is 2.20. The van der Waals surface area contributed by atoms with E-state index in [0.717, 1.165) is 18.8 Å². The molecule has 19 heavy (non-hydrogen) atoms. The number of likely N-dealkylation sites (N-methyl/N-ethyl adjacent to an activating group) is 1. The maximum atomic E-state index is 6.11. The predicted octanol–water partition coefficient (Wildman–Crippen LogP) is 3.02. The minimum atomic E-state index is 0.536. The summed E-state index contributed by atoms with van der Waals surface area (Å²) in [5.74, 6) is 1.35. The van der Waals surface area contributed by atoms with Gasteiger partial charge in [-0.1, -0.05) is 31.5 Å². The highest BCUT2D eigenvalue weighted by Crippen LogP contribution is 2.24. The molecule has 0 bridgehead atoms. The van der Waals surface area contributed by atoms with Crippen LogP contribution in [0.25, 0.3) is 0 Å². The molecule has 4 heteroatoms. The van der Waals surface area contributed by atoms with Gasteiger partial charge in [-0.3, -0.25) is 0 Å². The Hall–Kier alpha value is -0.770. The Bertz CT molecular complexity index is 386. The Morgan fingerprint density at radius 1 is 1.32 bits per heavy atom. The average molecular weight is 285 g/mol. The largest absolute Gasteiger partial charge is 0.495 e. The number of halogens is 1. The van der Waals surface area contributed by atoms with Crippen LogP contribution >= 0.6 is 11.6 Å². The van der Waals surface area contributed by atoms with Crippen molar-refractivity contribution in [2.75, 3.05) is 27.7 Å². The van der Waals surface area contributed by atoms with Crippen molar-refractivity contribution in [2.45, 2.75) is 26.4 Å². The summed E-state index contributed by atoms with van der Waals surface area (Å²) in [4.78, 5) is 2.26. The first-order chi connectivity index (χ1) is 8.95. The van der Waals surface area contributed by atoms with Gasteiger partial charge in [0.25, 0.3) is 0 Å². The van der Waals surface area contributed by atoms with Gasteiger partial charge in [-0.15, -0.1) is 0 Å². The average Bonchev–Trinajstić information content (AvgIpc) is 2.33. The lowest BCUT2D eigenvalue weighted by atomic mass is 10.0. The van der Waals surface area contributed by atoms with Crippen LogP contribution in [0.3, 0.4) is 0 Å². The molecular formula is C15H25ClN2O. The molecule has 1 aromatic carbocycles. The maximum Gasteiger partial charge on any atom is 0.137 e. The Morgan fingerprint density at radius 2 is 2.00 bits per heavy atom. The molecule has 0 heterocycles. The van der Waals surface area contributed by atoms with Gasteiger partial charge in [0.1, 0.15) is 5.75 Å². The second-order valence-electron chi connectivity index (χ2n) is 5.37. The van der Waals surface area contributed by atoms with Crippen molar-refractivity contribution in [2.24, 2.45) is 5.92 Å². The Labute approximate surface area is 121 Å². The zero-order chi connectivity index (χ0) is 14.4. The molecule has 0 aliphatic carbocycles. The number of nitrogens with zero attached hydrogens (tertiary/aromatic N) is 1. The van der Waals surface area contributed by atoms with Gasteiger partial charge in [0, 0.05) is 19.1 Å². The summed E-state index contributed by atoms with van der Waals surface area (Å²) in [5, 5.41) is 4.15. The van der Waals surface area contributed by atoms with E-state index in [-0.39, 0.29) is 0 Å². The SMILES string of the molecule is COc1ccc(CNCC(C(C)C)N(C)C)cc1Cl. The predicted molar refractivity (Wildman–Crippen MR) is 82.0 cm³/mol. The Kier molecular flexibility index (Phi) is 6.63. The molecule has 108 valence electrons. The second kappa shape index (κ2) is 7.73. The van der Waals surface area contributed by atoms with Gasteiger partial charge in [0.2, 0.25) is 0 Å². The van der Waals surface area contributed by atoms with Crippen molar-refractivity contribution in [3.05, 3.63) is 28.8 Å². The minimum Gasteiger partial charge on any atom is -0.495 e. The summed E-state index contributed by atoms with van der Waals surface area (Å²) in [5.41, 5.74) is 1.17. The molecule has 0 amide bonds. The highest BCUT2D eigenvalue weighted by molar-refractivity contribution is 6.32. The van der Waals surface area contributed by atoms with E-state index in [1.807, 2.05) is 18.2 Å². The van der Waals surface area contributed by atoms with Crippen molar-refractivity contribution >= 4 is 11.6 Å². The highest BCUT2D eigenvalue weighted by Gasteiger charge is 2.14. The standard InChI is InChI=1S/C15H25ClN2O/c1-11(2)14(18(3)4)10-17-9-12-6-7-15(19-5)13(16)8-12/h6-8,11,14,17H,9-10H2,1-5H3. The summed E-state index contributed by atoms with van der Waals surface area (Å²) in [6.07, 6.45) is 0. The van der Waals surface area contributed by atoms with E-state index in [2.05, 4.69) is 38.2 Å². The lowest BCUT2D eigenvalue weighted by Gasteiger charge is -2.28. The van der Waals surface area contributed by atoms with Crippen molar-refractivity contribution in [1.29, 1.82) is 0 Å². The molecule has 1 unspecified atom stereocenters. The summed E-state index contributed by atoms with van der Waals surface area (Å²) in [6, 6.07) is 6.44. The Morgan fingerprint density at radius 3 is 2.47 bits per heavy atom. The first-order valence-electron chi connectivity index (χ1n) is 6.65. The van der Waals surface area contributed by atoms with E-state index >= 15 is 0 Å². The molecule has 0 fully saturated rings. The molecule has 1 atom stereocenters. The minimum absolute atomic E-state index is 0.536. The number of nitrogens with one attached hydrogen (secondary N) is 1. The summed E-state index contributed by atoms with van der Waals surface area (Å²) < 4.78 is 5.15. The van der Waals surface area contributed by atoms with E-state index in [4.69, 9.17) is 16.3 Å². The van der Waals surface area contributed by atoms with Crippen LogP contribution in [0.4, 0.5) is 0 Å². The van der Waals surface area contributed by atoms with Crippen LogP contribution < -0.4 is 10.1 Å². The fraction of sp³-hybridized carbons (Fsp3) is 0.600. The van der Waals surface area contributed by atoms with E-state index in [1.54, 1.807) is 7.11 Å². The molecular weight excluding hydrogens is 260 g/mol. The number of methoxy groups -OCH3 is 1. The molecule has 1 aromatic rings. The van der Waals surface area contributed by atoms with Gasteiger partial charge in [-0.2, -0.15) is 0 Å². The molecule has 0 saturated heterocycles. The van der Waals surface area contributed by atoms with Crippen molar-refractivity contribution in [1.82, 2.24) is 10.2 Å². The number of hydrogen-bond acceptors (Lipinski definition) is 3. The van der Waals surface area contributed by atoms with Gasteiger partial charge in [0.05, 0.1) is 12.1 Å². The monoisotopic (exact) mass is 284 g/mol. The molecule has 0 spiro atoms. The smallest absolute Gasteiger partial charge is 0.137 e. The molecule has 0 aliphatic rings. The van der Waals surface area contributed by atoms with E-state index in [0.29, 0.717) is 17.0 Å². The third-order valence-corrected chi connectivity index (χ3v) is 3.63. The molecule has 0 radical (unpaired) electrons. The van der Waals surface area contributed by atoms with Crippen LogP contribution in [-0.2, 0) is 6.54 Å². The number of hydrogen-bond donors (Lipinski definition) is 1. The van der Waals surface area contributed by atoms with Crippen LogP contribution in [-0.4, -0.2) is 38.7 Å². The highest BCUT2D eigenvalue weighted by atomic mass is 35.5. The first-order valence-corrected chi connectivity index (χ1v) is 7.03. The summed E-state index contributed by atoms with van der Waals surface area (Å²) >= 11 is 6.11. The maximum absolute atomic E-state index is 6.11. The summed E-state index contributed by atoms with van der Waals surface area (Å²) in [6.45, 7) is 6.28. The zero-order valence-corrected chi connectivity index (χ0v) is 13.3. The molecule has 1 rings (SSSR count). The normalized spacial score (nSPS) is 13.1. The van der Waals surface area contributed by atoms with Gasteiger partial charge >= 0.3 is 0 Å².